The van der Waals surface area contributed by atoms with Gasteiger partial charge in [0.2, 0.25) is 0 Å². The standard InChI is InChI=1S/C18H20N4O3S/c1-4-9-26-18-21-15-14(16(23)22-18)13(11-5-7-19-8-6-11)12(10(2)20-15)17(24)25-3/h5-8,13H,4,9H2,1-3H3,(H2,20,21,22,23). The molecule has 0 aromatic carbocycles. The number of nitrogens with one attached hydrogen (secondary N) is 2. The van der Waals surface area contributed by atoms with Gasteiger partial charge in [-0.25, -0.2) is 9.78 Å². The van der Waals surface area contributed by atoms with Crippen molar-refractivity contribution in [1.29, 1.82) is 0 Å². The van der Waals surface area contributed by atoms with E-state index in [0.29, 0.717) is 27.8 Å². The number of methoxy groups -OCH3 is 1. The van der Waals surface area contributed by atoms with Crippen molar-refractivity contribution in [2.75, 3.05) is 18.2 Å². The smallest absolute Gasteiger partial charge is 0.336 e. The largest absolute Gasteiger partial charge is 0.466 e. The van der Waals surface area contributed by atoms with Gasteiger partial charge in [0.15, 0.2) is 5.16 Å². The lowest BCUT2D eigenvalue weighted by atomic mass is 9.83. The summed E-state index contributed by atoms with van der Waals surface area (Å²) in [6.45, 7) is 3.85. The molecule has 7 nitrogen and oxygen atoms in total. The van der Waals surface area contributed by atoms with E-state index < -0.39 is 11.9 Å². The van der Waals surface area contributed by atoms with E-state index in [1.165, 1.54) is 18.9 Å². The van der Waals surface area contributed by atoms with E-state index in [4.69, 9.17) is 4.74 Å². The molecule has 1 unspecified atom stereocenters. The number of pyridine rings is 1. The number of hydrogen-bond acceptors (Lipinski definition) is 7. The zero-order valence-electron chi connectivity index (χ0n) is 14.8. The zero-order valence-corrected chi connectivity index (χ0v) is 15.6. The number of nitrogens with zero attached hydrogens (tertiary/aromatic N) is 2. The monoisotopic (exact) mass is 372 g/mol. The number of esters is 1. The highest BCUT2D eigenvalue weighted by atomic mass is 32.2. The Morgan fingerprint density at radius 1 is 1.35 bits per heavy atom. The number of fused-ring (bicyclic) bond motifs is 1. The first kappa shape index (κ1) is 18.2. The number of hydrogen-bond donors (Lipinski definition) is 2. The van der Waals surface area contributed by atoms with Crippen molar-refractivity contribution in [3.05, 3.63) is 57.3 Å². The molecule has 3 rings (SSSR count). The van der Waals surface area contributed by atoms with Crippen LogP contribution in [0.2, 0.25) is 0 Å². The Hall–Kier alpha value is -2.61. The molecule has 2 aromatic heterocycles. The van der Waals surface area contributed by atoms with Crippen molar-refractivity contribution in [2.45, 2.75) is 31.3 Å². The van der Waals surface area contributed by atoms with Crippen LogP contribution in [-0.4, -0.2) is 33.8 Å². The van der Waals surface area contributed by atoms with E-state index >= 15 is 0 Å². The maximum atomic E-state index is 12.9. The van der Waals surface area contributed by atoms with Gasteiger partial charge in [-0.15, -0.1) is 0 Å². The third kappa shape index (κ3) is 3.37. The second-order valence-electron chi connectivity index (χ2n) is 5.85. The summed E-state index contributed by atoms with van der Waals surface area (Å²) < 4.78 is 4.95. The molecule has 1 aliphatic rings. The number of anilines is 1. The highest BCUT2D eigenvalue weighted by Crippen LogP contribution is 2.39. The molecular formula is C18H20N4O3S. The minimum atomic E-state index is -0.567. The van der Waals surface area contributed by atoms with Gasteiger partial charge in [0.25, 0.3) is 5.56 Å². The van der Waals surface area contributed by atoms with Crippen LogP contribution in [0.25, 0.3) is 0 Å². The maximum Gasteiger partial charge on any atom is 0.336 e. The fourth-order valence-electron chi connectivity index (χ4n) is 2.97. The first-order valence-electron chi connectivity index (χ1n) is 8.29. The van der Waals surface area contributed by atoms with Crippen molar-refractivity contribution < 1.29 is 9.53 Å². The van der Waals surface area contributed by atoms with Gasteiger partial charge in [-0.2, -0.15) is 0 Å². The number of allylic oxidation sites excluding steroid dienone is 1. The Balaban J connectivity index is 2.19. The molecule has 26 heavy (non-hydrogen) atoms. The van der Waals surface area contributed by atoms with E-state index in [-0.39, 0.29) is 5.56 Å². The molecule has 0 radical (unpaired) electrons. The molecule has 1 aliphatic heterocycles. The van der Waals surface area contributed by atoms with Crippen LogP contribution in [0.15, 0.2) is 45.7 Å². The van der Waals surface area contributed by atoms with Crippen LogP contribution in [-0.2, 0) is 9.53 Å². The van der Waals surface area contributed by atoms with Gasteiger partial charge in [-0.3, -0.25) is 9.78 Å². The maximum absolute atomic E-state index is 12.9. The van der Waals surface area contributed by atoms with Crippen LogP contribution < -0.4 is 10.9 Å². The summed E-state index contributed by atoms with van der Waals surface area (Å²) in [4.78, 5) is 36.7. The molecule has 3 heterocycles. The molecular weight excluding hydrogens is 352 g/mol. The number of carbonyl (C=O) groups is 1. The minimum absolute atomic E-state index is 0.267. The third-order valence-electron chi connectivity index (χ3n) is 4.11. The van der Waals surface area contributed by atoms with E-state index in [0.717, 1.165) is 17.7 Å². The Morgan fingerprint density at radius 3 is 2.73 bits per heavy atom. The van der Waals surface area contributed by atoms with Crippen LogP contribution in [0.5, 0.6) is 0 Å². The quantitative estimate of drug-likeness (QED) is 0.473. The first-order chi connectivity index (χ1) is 12.6. The lowest BCUT2D eigenvalue weighted by Gasteiger charge is -2.28. The van der Waals surface area contributed by atoms with Crippen molar-refractivity contribution in [2.24, 2.45) is 0 Å². The molecule has 0 saturated heterocycles. The van der Waals surface area contributed by atoms with Gasteiger partial charge in [-0.05, 0) is 31.0 Å². The summed E-state index contributed by atoms with van der Waals surface area (Å²) in [7, 11) is 1.33. The van der Waals surface area contributed by atoms with Crippen molar-refractivity contribution in [3.63, 3.8) is 0 Å². The van der Waals surface area contributed by atoms with Gasteiger partial charge in [0, 0.05) is 23.8 Å². The third-order valence-corrected chi connectivity index (χ3v) is 5.19. The molecule has 0 amide bonds. The summed E-state index contributed by atoms with van der Waals surface area (Å²) in [6, 6.07) is 3.57. The SMILES string of the molecule is CCCSc1nc2c(c(=O)[nH]1)C(c1ccncc1)C(C(=O)OC)=C(C)N2. The van der Waals surface area contributed by atoms with Gasteiger partial charge in [0.05, 0.1) is 24.2 Å². The fourth-order valence-corrected chi connectivity index (χ4v) is 3.69. The number of ether oxygens (including phenoxy) is 1. The summed E-state index contributed by atoms with van der Waals surface area (Å²) in [5.74, 6) is 0.284. The van der Waals surface area contributed by atoms with Crippen LogP contribution in [0.4, 0.5) is 5.82 Å². The normalized spacial score (nSPS) is 16.0. The van der Waals surface area contributed by atoms with E-state index in [1.54, 1.807) is 31.5 Å². The molecule has 0 aliphatic carbocycles. The summed E-state index contributed by atoms with van der Waals surface area (Å²) in [6.07, 6.45) is 4.24. The topological polar surface area (TPSA) is 97.0 Å². The molecule has 0 spiro atoms. The fraction of sp³-hybridized carbons (Fsp3) is 0.333. The minimum Gasteiger partial charge on any atom is -0.466 e. The lowest BCUT2D eigenvalue weighted by molar-refractivity contribution is -0.136. The van der Waals surface area contributed by atoms with Gasteiger partial charge < -0.3 is 15.0 Å². The molecule has 136 valence electrons. The Bertz CT molecular complexity index is 908. The van der Waals surface area contributed by atoms with E-state index in [9.17, 15) is 9.59 Å². The van der Waals surface area contributed by atoms with Crippen LogP contribution in [0.3, 0.4) is 0 Å². The zero-order chi connectivity index (χ0) is 18.7. The Morgan fingerprint density at radius 2 is 2.08 bits per heavy atom. The number of thioether (sulfide) groups is 1. The predicted octanol–water partition coefficient (Wildman–Crippen LogP) is 2.67. The number of rotatable bonds is 5. The lowest BCUT2D eigenvalue weighted by Crippen LogP contribution is -2.31. The average molecular weight is 372 g/mol. The molecule has 1 atom stereocenters. The summed E-state index contributed by atoms with van der Waals surface area (Å²) in [5.41, 5.74) is 1.94. The van der Waals surface area contributed by atoms with Crippen LogP contribution in [0, 0.1) is 0 Å². The number of aromatic nitrogens is 3. The second kappa shape index (κ2) is 7.74. The number of H-pyrrole nitrogens is 1. The summed E-state index contributed by atoms with van der Waals surface area (Å²) >= 11 is 1.49. The second-order valence-corrected chi connectivity index (χ2v) is 6.93. The van der Waals surface area contributed by atoms with Gasteiger partial charge in [0.1, 0.15) is 5.82 Å². The van der Waals surface area contributed by atoms with Gasteiger partial charge in [-0.1, -0.05) is 18.7 Å². The molecule has 0 saturated carbocycles. The molecule has 0 fully saturated rings. The molecule has 2 aromatic rings. The number of aromatic amines is 1. The van der Waals surface area contributed by atoms with Crippen LogP contribution in [0.1, 0.15) is 37.3 Å². The van der Waals surface area contributed by atoms with Crippen molar-refractivity contribution >= 4 is 23.5 Å². The predicted molar refractivity (Wildman–Crippen MR) is 100 cm³/mol. The highest BCUT2D eigenvalue weighted by molar-refractivity contribution is 7.99. The van der Waals surface area contributed by atoms with Gasteiger partial charge >= 0.3 is 5.97 Å². The van der Waals surface area contributed by atoms with E-state index in [1.807, 2.05) is 0 Å². The van der Waals surface area contributed by atoms with Crippen LogP contribution >= 0.6 is 11.8 Å². The molecule has 2 N–H and O–H groups in total. The number of carbonyl (C=O) groups excluding carboxylic acids is 1. The first-order valence-corrected chi connectivity index (χ1v) is 9.28. The molecule has 8 heteroatoms. The highest BCUT2D eigenvalue weighted by Gasteiger charge is 2.36. The Kier molecular flexibility index (Phi) is 5.41. The molecule has 0 bridgehead atoms. The van der Waals surface area contributed by atoms with Crippen molar-refractivity contribution in [1.82, 2.24) is 15.0 Å². The summed E-state index contributed by atoms with van der Waals surface area (Å²) in [5, 5.41) is 3.66. The van der Waals surface area contributed by atoms with E-state index in [2.05, 4.69) is 27.2 Å². The van der Waals surface area contributed by atoms with Crippen molar-refractivity contribution in [3.8, 4) is 0 Å². The average Bonchev–Trinajstić information content (AvgIpc) is 2.65. The Labute approximate surface area is 155 Å².